The number of hydrogen-bond donors (Lipinski definition) is 3. The van der Waals surface area contributed by atoms with Gasteiger partial charge in [0.2, 0.25) is 17.7 Å². The number of aryl methyl sites for hydroxylation is 1. The molecule has 0 saturated carbocycles. The van der Waals surface area contributed by atoms with Crippen molar-refractivity contribution in [1.29, 1.82) is 5.26 Å². The number of hydrogen-bond acceptors (Lipinski definition) is 11. The maximum absolute atomic E-state index is 13.7. The highest BCUT2D eigenvalue weighted by atomic mass is 32.1. The predicted octanol–water partition coefficient (Wildman–Crippen LogP) is 4.69. The number of thiocarbonyl (C=S) groups is 1. The minimum Gasteiger partial charge on any atom is -0.492 e. The SMILES string of the molecule is CCCc1cc(N2C(=S)N(c3cnc(C#N)c(C(F)(F)F)c3)C(=O)C2(C)C)ccc1OCCN1CCN(CC(=O)Nc2cccc(NC3CCC(=O)NC3=O)c2)CC1. The van der Waals surface area contributed by atoms with Gasteiger partial charge in [0.1, 0.15) is 30.0 Å². The van der Waals surface area contributed by atoms with Crippen molar-refractivity contribution in [1.82, 2.24) is 20.1 Å². The molecular formula is C40H44F3N9O5S. The largest absolute Gasteiger partial charge is 0.492 e. The molecule has 3 N–H and O–H groups in total. The van der Waals surface area contributed by atoms with E-state index in [9.17, 15) is 37.6 Å². The highest BCUT2D eigenvalue weighted by molar-refractivity contribution is 7.81. The first kappa shape index (κ1) is 42.0. The number of piperidine rings is 1. The molecule has 1 aromatic heterocycles. The first-order chi connectivity index (χ1) is 27.6. The molecule has 1 unspecified atom stereocenters. The average Bonchev–Trinajstić information content (AvgIpc) is 3.35. The van der Waals surface area contributed by atoms with Crippen molar-refractivity contribution < 1.29 is 37.1 Å². The van der Waals surface area contributed by atoms with E-state index < -0.39 is 34.9 Å². The third kappa shape index (κ3) is 9.38. The highest BCUT2D eigenvalue weighted by Crippen LogP contribution is 2.40. The number of pyridine rings is 1. The van der Waals surface area contributed by atoms with Crippen LogP contribution in [0.15, 0.2) is 54.7 Å². The molecule has 4 amide bonds. The van der Waals surface area contributed by atoms with E-state index in [0.717, 1.165) is 42.2 Å². The second-order valence-corrected chi connectivity index (χ2v) is 15.2. The molecule has 0 radical (unpaired) electrons. The normalized spacial score (nSPS) is 18.9. The molecule has 4 heterocycles. The summed E-state index contributed by atoms with van der Waals surface area (Å²) in [4.78, 5) is 60.8. The smallest absolute Gasteiger partial charge is 0.419 e. The van der Waals surface area contributed by atoms with Crippen LogP contribution in [0.3, 0.4) is 0 Å². The number of piperazine rings is 1. The second-order valence-electron chi connectivity index (χ2n) is 14.8. The molecule has 3 saturated heterocycles. The van der Waals surface area contributed by atoms with E-state index in [1.165, 1.54) is 6.07 Å². The zero-order valence-electron chi connectivity index (χ0n) is 32.3. The minimum absolute atomic E-state index is 0.0177. The molecule has 3 fully saturated rings. The number of carbonyl (C=O) groups excluding carboxylic acids is 4. The summed E-state index contributed by atoms with van der Waals surface area (Å²) in [5.74, 6) is -0.672. The fourth-order valence-electron chi connectivity index (χ4n) is 7.23. The number of ether oxygens (including phenoxy) is 1. The molecule has 0 aliphatic carbocycles. The lowest BCUT2D eigenvalue weighted by Gasteiger charge is -2.34. The molecule has 306 valence electrons. The summed E-state index contributed by atoms with van der Waals surface area (Å²) in [7, 11) is 0. The van der Waals surface area contributed by atoms with Crippen LogP contribution in [0.2, 0.25) is 0 Å². The average molecular weight is 820 g/mol. The van der Waals surface area contributed by atoms with Crippen LogP contribution in [0.5, 0.6) is 5.75 Å². The number of benzene rings is 2. The van der Waals surface area contributed by atoms with Crippen molar-refractivity contribution >= 4 is 63.7 Å². The lowest BCUT2D eigenvalue weighted by molar-refractivity contribution is -0.138. The Morgan fingerprint density at radius 2 is 1.78 bits per heavy atom. The van der Waals surface area contributed by atoms with Gasteiger partial charge in [0.15, 0.2) is 10.8 Å². The molecule has 1 atom stereocenters. The molecule has 3 aliphatic rings. The number of aromatic nitrogens is 1. The van der Waals surface area contributed by atoms with E-state index in [4.69, 9.17) is 17.0 Å². The second kappa shape index (κ2) is 17.5. The topological polar surface area (TPSA) is 163 Å². The summed E-state index contributed by atoms with van der Waals surface area (Å²) in [6.07, 6.45) is -1.69. The van der Waals surface area contributed by atoms with Gasteiger partial charge in [-0.05, 0) is 86.9 Å². The van der Waals surface area contributed by atoms with Gasteiger partial charge < -0.3 is 20.3 Å². The van der Waals surface area contributed by atoms with E-state index >= 15 is 0 Å². The van der Waals surface area contributed by atoms with Crippen molar-refractivity contribution in [2.45, 2.75) is 64.2 Å². The Balaban J connectivity index is 1.01. The van der Waals surface area contributed by atoms with Crippen LogP contribution in [0.1, 0.15) is 56.9 Å². The fourth-order valence-corrected chi connectivity index (χ4v) is 7.75. The first-order valence-corrected chi connectivity index (χ1v) is 19.4. The standard InChI is InChI=1S/C40H44F3N9O5S/c1-4-6-25-19-28(52-38(58)51(37(56)39(52,2)3)29-21-30(40(41,42)43)32(22-44)45-23-29)9-11-33(25)57-18-17-49-13-15-50(16-14-49)24-35(54)47-27-8-5-7-26(20-27)46-31-10-12-34(53)48-36(31)55/h5,7-9,11,19-21,23,31,46H,4,6,10,12-18,24H2,1-3H3,(H,47,54)(H,48,53,55). The van der Waals surface area contributed by atoms with Gasteiger partial charge in [0.05, 0.1) is 24.0 Å². The van der Waals surface area contributed by atoms with Gasteiger partial charge in [-0.25, -0.2) is 4.98 Å². The van der Waals surface area contributed by atoms with Crippen LogP contribution in [0.25, 0.3) is 0 Å². The zero-order chi connectivity index (χ0) is 41.8. The van der Waals surface area contributed by atoms with Crippen molar-refractivity contribution in [3.63, 3.8) is 0 Å². The van der Waals surface area contributed by atoms with Gasteiger partial charge in [-0.2, -0.15) is 18.4 Å². The quantitative estimate of drug-likeness (QED) is 0.161. The first-order valence-electron chi connectivity index (χ1n) is 19.0. The van der Waals surface area contributed by atoms with E-state index in [1.54, 1.807) is 49.1 Å². The summed E-state index contributed by atoms with van der Waals surface area (Å²) in [6, 6.07) is 14.2. The maximum Gasteiger partial charge on any atom is 0.419 e. The Morgan fingerprint density at radius 1 is 1.05 bits per heavy atom. The van der Waals surface area contributed by atoms with Crippen LogP contribution in [-0.4, -0.2) is 101 Å². The lowest BCUT2D eigenvalue weighted by Crippen LogP contribution is -2.49. The number of alkyl halides is 3. The number of rotatable bonds is 13. The van der Waals surface area contributed by atoms with Gasteiger partial charge >= 0.3 is 6.18 Å². The van der Waals surface area contributed by atoms with Crippen molar-refractivity contribution in [2.75, 3.05) is 66.3 Å². The number of anilines is 4. The summed E-state index contributed by atoms with van der Waals surface area (Å²) >= 11 is 5.70. The molecule has 0 bridgehead atoms. The number of imide groups is 1. The van der Waals surface area contributed by atoms with Crippen LogP contribution in [0, 0.1) is 11.3 Å². The number of amides is 4. The Hall–Kier alpha value is -5.64. The number of nitrogens with one attached hydrogen (secondary N) is 3. The van der Waals surface area contributed by atoms with Crippen LogP contribution >= 0.6 is 12.2 Å². The summed E-state index contributed by atoms with van der Waals surface area (Å²) < 4.78 is 47.5. The van der Waals surface area contributed by atoms with Crippen LogP contribution in [0.4, 0.5) is 35.9 Å². The van der Waals surface area contributed by atoms with Crippen molar-refractivity contribution in [3.8, 4) is 11.8 Å². The zero-order valence-corrected chi connectivity index (χ0v) is 33.1. The monoisotopic (exact) mass is 819 g/mol. The van der Waals surface area contributed by atoms with Gasteiger partial charge in [0, 0.05) is 56.2 Å². The molecule has 6 rings (SSSR count). The maximum atomic E-state index is 13.7. The van der Waals surface area contributed by atoms with E-state index in [-0.39, 0.29) is 41.5 Å². The Kier molecular flexibility index (Phi) is 12.6. The van der Waals surface area contributed by atoms with Crippen LogP contribution < -0.4 is 30.5 Å². The molecule has 0 spiro atoms. The molecule has 14 nitrogen and oxygen atoms in total. The minimum atomic E-state index is -4.86. The molecule has 3 aromatic rings. The Bertz CT molecular complexity index is 2130. The Labute approximate surface area is 339 Å². The summed E-state index contributed by atoms with van der Waals surface area (Å²) in [5.41, 5.74) is -0.753. The van der Waals surface area contributed by atoms with Gasteiger partial charge in [-0.15, -0.1) is 0 Å². The van der Waals surface area contributed by atoms with Crippen molar-refractivity contribution in [2.24, 2.45) is 0 Å². The Morgan fingerprint density at radius 3 is 2.47 bits per heavy atom. The van der Waals surface area contributed by atoms with E-state index in [2.05, 4.69) is 30.7 Å². The fraction of sp³-hybridized carbons (Fsp3) is 0.425. The van der Waals surface area contributed by atoms with Gasteiger partial charge in [0.25, 0.3) is 5.91 Å². The van der Waals surface area contributed by atoms with Gasteiger partial charge in [-0.1, -0.05) is 19.4 Å². The number of nitrogens with zero attached hydrogens (tertiary/aromatic N) is 6. The third-order valence-corrected chi connectivity index (χ3v) is 10.6. The number of carbonyl (C=O) groups is 4. The number of halogens is 3. The van der Waals surface area contributed by atoms with Crippen LogP contribution in [-0.2, 0) is 31.8 Å². The van der Waals surface area contributed by atoms with Gasteiger partial charge in [-0.3, -0.25) is 39.2 Å². The molecule has 2 aromatic carbocycles. The lowest BCUT2D eigenvalue weighted by atomic mass is 10.0. The summed E-state index contributed by atoms with van der Waals surface area (Å²) in [6.45, 7) is 9.48. The number of nitriles is 1. The molecule has 18 heteroatoms. The highest BCUT2D eigenvalue weighted by Gasteiger charge is 2.51. The molecule has 3 aliphatic heterocycles. The third-order valence-electron chi connectivity index (χ3n) is 10.3. The molecule has 58 heavy (non-hydrogen) atoms. The molecular weight excluding hydrogens is 776 g/mol. The van der Waals surface area contributed by atoms with E-state index in [1.807, 2.05) is 19.1 Å². The van der Waals surface area contributed by atoms with Crippen molar-refractivity contribution in [3.05, 3.63) is 71.5 Å². The predicted molar refractivity (Wildman–Crippen MR) is 214 cm³/mol. The summed E-state index contributed by atoms with van der Waals surface area (Å²) in [5, 5.41) is 17.5. The van der Waals surface area contributed by atoms with E-state index in [0.29, 0.717) is 61.9 Å².